The Kier molecular flexibility index (Phi) is 4.92. The molecule has 1 unspecified atom stereocenters. The van der Waals surface area contributed by atoms with Crippen molar-refractivity contribution in [1.29, 1.82) is 0 Å². The Bertz CT molecular complexity index is 843. The van der Waals surface area contributed by atoms with Gasteiger partial charge in [-0.25, -0.2) is 4.98 Å². The van der Waals surface area contributed by atoms with Crippen LogP contribution >= 0.6 is 11.3 Å². The molecule has 4 nitrogen and oxygen atoms in total. The van der Waals surface area contributed by atoms with Gasteiger partial charge in [0.1, 0.15) is 0 Å². The molecule has 124 valence electrons. The normalized spacial score (nSPS) is 12.5. The number of para-hydroxylation sites is 1. The third kappa shape index (κ3) is 3.63. The van der Waals surface area contributed by atoms with Crippen LogP contribution < -0.4 is 5.32 Å². The number of carbonyl (C=O) groups is 1. The smallest absolute Gasteiger partial charge is 0.252 e. The number of aromatic nitrogens is 1. The van der Waals surface area contributed by atoms with Gasteiger partial charge in [0.05, 0.1) is 21.7 Å². The molecule has 0 saturated heterocycles. The Balaban J connectivity index is 2.00. The summed E-state index contributed by atoms with van der Waals surface area (Å²) in [6.07, 6.45) is 0. The first-order valence-electron chi connectivity index (χ1n) is 7.94. The third-order valence-corrected chi connectivity index (χ3v) is 4.64. The molecule has 0 radical (unpaired) electrons. The Labute approximate surface area is 146 Å². The van der Waals surface area contributed by atoms with Crippen LogP contribution in [0, 0.1) is 0 Å². The molecule has 0 bridgehead atoms. The van der Waals surface area contributed by atoms with Gasteiger partial charge in [-0.2, -0.15) is 0 Å². The molecule has 0 saturated carbocycles. The summed E-state index contributed by atoms with van der Waals surface area (Å²) in [4.78, 5) is 20.7. The molecular weight excluding hydrogens is 318 g/mol. The topological polar surface area (TPSA) is 45.2 Å². The second-order valence-electron chi connectivity index (χ2n) is 6.19. The molecule has 2 aromatic heterocycles. The lowest BCUT2D eigenvalue weighted by atomic mass is 10.1. The Morgan fingerprint density at radius 3 is 2.75 bits per heavy atom. The zero-order chi connectivity index (χ0) is 17.1. The van der Waals surface area contributed by atoms with Gasteiger partial charge in [-0.1, -0.05) is 24.3 Å². The molecule has 0 spiro atoms. The maximum absolute atomic E-state index is 12.8. The lowest BCUT2D eigenvalue weighted by Gasteiger charge is -2.19. The molecule has 1 aromatic carbocycles. The highest BCUT2D eigenvalue weighted by Gasteiger charge is 2.16. The number of amides is 1. The van der Waals surface area contributed by atoms with Crippen molar-refractivity contribution < 1.29 is 4.79 Å². The van der Waals surface area contributed by atoms with Gasteiger partial charge in [0.15, 0.2) is 0 Å². The average Bonchev–Trinajstić information content (AvgIpc) is 3.07. The van der Waals surface area contributed by atoms with Crippen molar-refractivity contribution in [3.63, 3.8) is 0 Å². The van der Waals surface area contributed by atoms with Crippen LogP contribution in [0.25, 0.3) is 21.5 Å². The molecule has 1 atom stereocenters. The number of hydrogen-bond acceptors (Lipinski definition) is 4. The van der Waals surface area contributed by atoms with E-state index in [1.165, 1.54) is 0 Å². The summed E-state index contributed by atoms with van der Waals surface area (Å²) in [7, 11) is 4.00. The number of nitrogens with zero attached hydrogens (tertiary/aromatic N) is 2. The highest BCUT2D eigenvalue weighted by atomic mass is 32.1. The minimum Gasteiger partial charge on any atom is -0.348 e. The zero-order valence-electron chi connectivity index (χ0n) is 14.1. The molecule has 0 aliphatic rings. The quantitative estimate of drug-likeness (QED) is 0.772. The van der Waals surface area contributed by atoms with Crippen molar-refractivity contribution in [1.82, 2.24) is 15.2 Å². The number of rotatable bonds is 5. The maximum atomic E-state index is 12.8. The van der Waals surface area contributed by atoms with Crippen LogP contribution in [-0.2, 0) is 0 Å². The molecule has 24 heavy (non-hydrogen) atoms. The standard InChI is InChI=1S/C19H21N3OS/c1-13(12-22(2)3)20-19(23)15-11-17(18-9-6-10-24-18)21-16-8-5-4-7-14(15)16/h4-11,13H,12H2,1-3H3,(H,20,23). The van der Waals surface area contributed by atoms with Crippen molar-refractivity contribution in [2.24, 2.45) is 0 Å². The van der Waals surface area contributed by atoms with Gasteiger partial charge in [0.2, 0.25) is 0 Å². The maximum Gasteiger partial charge on any atom is 0.252 e. The summed E-state index contributed by atoms with van der Waals surface area (Å²) in [5.74, 6) is -0.0549. The number of hydrogen-bond donors (Lipinski definition) is 1. The van der Waals surface area contributed by atoms with Crippen LogP contribution in [-0.4, -0.2) is 42.5 Å². The van der Waals surface area contributed by atoms with E-state index in [2.05, 4.69) is 10.2 Å². The Hall–Kier alpha value is -2.24. The molecule has 5 heteroatoms. The van der Waals surface area contributed by atoms with Crippen molar-refractivity contribution in [3.05, 3.63) is 53.4 Å². The summed E-state index contributed by atoms with van der Waals surface area (Å²) in [6.45, 7) is 2.81. The van der Waals surface area contributed by atoms with Gasteiger partial charge in [-0.3, -0.25) is 4.79 Å². The van der Waals surface area contributed by atoms with Crippen LogP contribution in [0.3, 0.4) is 0 Å². The molecule has 2 heterocycles. The fourth-order valence-corrected chi connectivity index (χ4v) is 3.49. The minimum atomic E-state index is -0.0549. The van der Waals surface area contributed by atoms with Crippen LogP contribution in [0.15, 0.2) is 47.8 Å². The molecule has 3 aromatic rings. The summed E-state index contributed by atoms with van der Waals surface area (Å²) in [6, 6.07) is 13.8. The number of carbonyl (C=O) groups excluding carboxylic acids is 1. The van der Waals surface area contributed by atoms with Crippen LogP contribution in [0.5, 0.6) is 0 Å². The molecule has 1 amide bonds. The van der Waals surface area contributed by atoms with E-state index < -0.39 is 0 Å². The van der Waals surface area contributed by atoms with Gasteiger partial charge >= 0.3 is 0 Å². The van der Waals surface area contributed by atoms with E-state index in [4.69, 9.17) is 4.98 Å². The van der Waals surface area contributed by atoms with Crippen molar-refractivity contribution in [2.45, 2.75) is 13.0 Å². The first-order chi connectivity index (χ1) is 11.5. The summed E-state index contributed by atoms with van der Waals surface area (Å²) >= 11 is 1.63. The van der Waals surface area contributed by atoms with Crippen molar-refractivity contribution >= 4 is 28.1 Å². The summed E-state index contributed by atoms with van der Waals surface area (Å²) < 4.78 is 0. The van der Waals surface area contributed by atoms with Crippen LogP contribution in [0.4, 0.5) is 0 Å². The van der Waals surface area contributed by atoms with Crippen molar-refractivity contribution in [3.8, 4) is 10.6 Å². The van der Waals surface area contributed by atoms with Gasteiger partial charge < -0.3 is 10.2 Å². The minimum absolute atomic E-state index is 0.0549. The second kappa shape index (κ2) is 7.11. The summed E-state index contributed by atoms with van der Waals surface area (Å²) in [5, 5.41) is 5.99. The third-order valence-electron chi connectivity index (χ3n) is 3.75. The molecular formula is C19H21N3OS. The van der Waals surface area contributed by atoms with Crippen LogP contribution in [0.2, 0.25) is 0 Å². The Morgan fingerprint density at radius 2 is 2.04 bits per heavy atom. The molecule has 1 N–H and O–H groups in total. The number of benzene rings is 1. The lowest BCUT2D eigenvalue weighted by molar-refractivity contribution is 0.0936. The first-order valence-corrected chi connectivity index (χ1v) is 8.82. The molecule has 0 aliphatic carbocycles. The number of thiophene rings is 1. The van der Waals surface area contributed by atoms with Gasteiger partial charge in [0.25, 0.3) is 5.91 Å². The first kappa shape index (κ1) is 16.6. The average molecular weight is 339 g/mol. The molecule has 3 rings (SSSR count). The fraction of sp³-hybridized carbons (Fsp3) is 0.263. The predicted molar refractivity (Wildman–Crippen MR) is 101 cm³/mol. The predicted octanol–water partition coefficient (Wildman–Crippen LogP) is 3.64. The van der Waals surface area contributed by atoms with Gasteiger partial charge in [-0.05, 0) is 44.6 Å². The SMILES string of the molecule is CC(CN(C)C)NC(=O)c1cc(-c2cccs2)nc2ccccc12. The zero-order valence-corrected chi connectivity index (χ0v) is 14.9. The van der Waals surface area contributed by atoms with E-state index >= 15 is 0 Å². The monoisotopic (exact) mass is 339 g/mol. The van der Waals surface area contributed by atoms with Crippen LogP contribution in [0.1, 0.15) is 17.3 Å². The summed E-state index contributed by atoms with van der Waals surface area (Å²) in [5.41, 5.74) is 2.36. The number of pyridine rings is 1. The van der Waals surface area contributed by atoms with E-state index in [1.807, 2.05) is 68.9 Å². The Morgan fingerprint density at radius 1 is 1.25 bits per heavy atom. The van der Waals surface area contributed by atoms with Gasteiger partial charge in [-0.15, -0.1) is 11.3 Å². The number of nitrogens with one attached hydrogen (secondary N) is 1. The lowest BCUT2D eigenvalue weighted by Crippen LogP contribution is -2.39. The largest absolute Gasteiger partial charge is 0.348 e. The van der Waals surface area contributed by atoms with E-state index in [-0.39, 0.29) is 11.9 Å². The molecule has 0 fully saturated rings. The highest BCUT2D eigenvalue weighted by Crippen LogP contribution is 2.27. The van der Waals surface area contributed by atoms with Gasteiger partial charge in [0, 0.05) is 18.0 Å². The number of fused-ring (bicyclic) bond motifs is 1. The number of likely N-dealkylation sites (N-methyl/N-ethyl adjacent to an activating group) is 1. The highest BCUT2D eigenvalue weighted by molar-refractivity contribution is 7.13. The molecule has 0 aliphatic heterocycles. The second-order valence-corrected chi connectivity index (χ2v) is 7.13. The van der Waals surface area contributed by atoms with E-state index in [1.54, 1.807) is 11.3 Å². The van der Waals surface area contributed by atoms with Crippen molar-refractivity contribution in [2.75, 3.05) is 20.6 Å². The van der Waals surface area contributed by atoms with E-state index in [0.29, 0.717) is 5.56 Å². The van der Waals surface area contributed by atoms with E-state index in [9.17, 15) is 4.79 Å². The fourth-order valence-electron chi connectivity index (χ4n) is 2.81. The van der Waals surface area contributed by atoms with E-state index in [0.717, 1.165) is 28.0 Å².